The van der Waals surface area contributed by atoms with Crippen molar-refractivity contribution in [1.29, 1.82) is 0 Å². The summed E-state index contributed by atoms with van der Waals surface area (Å²) in [5, 5.41) is 4.78. The number of amides is 1. The highest BCUT2D eigenvalue weighted by Crippen LogP contribution is 2.28. The highest BCUT2D eigenvalue weighted by molar-refractivity contribution is 6.30. The predicted molar refractivity (Wildman–Crippen MR) is 131 cm³/mol. The summed E-state index contributed by atoms with van der Waals surface area (Å²) in [5.74, 6) is 0.244. The Balaban J connectivity index is 1.73. The van der Waals surface area contributed by atoms with Crippen LogP contribution in [-0.2, 0) is 11.2 Å². The first-order valence-corrected chi connectivity index (χ1v) is 12.0. The molecule has 0 aromatic heterocycles. The van der Waals surface area contributed by atoms with E-state index >= 15 is 0 Å². The van der Waals surface area contributed by atoms with Gasteiger partial charge in [0.25, 0.3) is 0 Å². The van der Waals surface area contributed by atoms with Crippen molar-refractivity contribution in [2.75, 3.05) is 19.6 Å². The number of nitrogens with zero attached hydrogens (tertiary/aromatic N) is 1. The molecule has 1 amide bonds. The normalized spacial score (nSPS) is 17.2. The van der Waals surface area contributed by atoms with Crippen LogP contribution in [0.1, 0.15) is 57.1 Å². The van der Waals surface area contributed by atoms with Crippen molar-refractivity contribution in [1.82, 2.24) is 10.2 Å². The first-order valence-electron chi connectivity index (χ1n) is 11.3. The fraction of sp³-hybridized carbons (Fsp3) is 0.500. The SMILES string of the molecule is CC(NC(=O)C(C)(C)CN1CCCCC1)C(Cc1ccc(Cl)cc1)c1ccc(Cl)cc1. The summed E-state index contributed by atoms with van der Waals surface area (Å²) < 4.78 is 0. The molecule has 0 spiro atoms. The number of halogens is 2. The Kier molecular flexibility index (Phi) is 8.43. The van der Waals surface area contributed by atoms with Gasteiger partial charge in [-0.2, -0.15) is 0 Å². The Morgan fingerprint density at radius 1 is 0.968 bits per heavy atom. The van der Waals surface area contributed by atoms with Gasteiger partial charge in [0, 0.05) is 28.5 Å². The van der Waals surface area contributed by atoms with E-state index < -0.39 is 5.41 Å². The van der Waals surface area contributed by atoms with Gasteiger partial charge in [0.15, 0.2) is 0 Å². The van der Waals surface area contributed by atoms with Gasteiger partial charge < -0.3 is 10.2 Å². The smallest absolute Gasteiger partial charge is 0.227 e. The number of carbonyl (C=O) groups is 1. The van der Waals surface area contributed by atoms with Crippen LogP contribution < -0.4 is 5.32 Å². The number of hydrogen-bond acceptors (Lipinski definition) is 2. The number of hydrogen-bond donors (Lipinski definition) is 1. The number of carbonyl (C=O) groups excluding carboxylic acids is 1. The van der Waals surface area contributed by atoms with Crippen molar-refractivity contribution >= 4 is 29.1 Å². The van der Waals surface area contributed by atoms with Gasteiger partial charge in [0.05, 0.1) is 5.41 Å². The fourth-order valence-corrected chi connectivity index (χ4v) is 4.67. The third kappa shape index (κ3) is 6.97. The van der Waals surface area contributed by atoms with E-state index in [4.69, 9.17) is 23.2 Å². The molecule has 1 aliphatic rings. The molecule has 2 atom stereocenters. The maximum atomic E-state index is 13.3. The van der Waals surface area contributed by atoms with E-state index in [1.807, 2.05) is 24.3 Å². The van der Waals surface area contributed by atoms with E-state index in [1.165, 1.54) is 30.4 Å². The second-order valence-corrected chi connectivity index (χ2v) is 10.3. The zero-order valence-corrected chi connectivity index (χ0v) is 20.3. The number of rotatable bonds is 8. The average Bonchev–Trinajstić information content (AvgIpc) is 2.74. The van der Waals surface area contributed by atoms with E-state index in [2.05, 4.69) is 55.3 Å². The molecule has 31 heavy (non-hydrogen) atoms. The van der Waals surface area contributed by atoms with Crippen LogP contribution in [0.4, 0.5) is 0 Å². The van der Waals surface area contributed by atoms with Gasteiger partial charge in [-0.15, -0.1) is 0 Å². The second kappa shape index (κ2) is 10.8. The number of nitrogens with one attached hydrogen (secondary N) is 1. The van der Waals surface area contributed by atoms with E-state index in [-0.39, 0.29) is 17.9 Å². The van der Waals surface area contributed by atoms with Crippen LogP contribution in [0.2, 0.25) is 10.0 Å². The number of piperidine rings is 1. The molecular formula is C26H34Cl2N2O. The summed E-state index contributed by atoms with van der Waals surface area (Å²) in [6, 6.07) is 15.9. The molecule has 0 radical (unpaired) electrons. The van der Waals surface area contributed by atoms with Gasteiger partial charge in [-0.05, 0) is 88.5 Å². The van der Waals surface area contributed by atoms with E-state index in [1.54, 1.807) is 0 Å². The minimum atomic E-state index is -0.434. The molecule has 1 heterocycles. The lowest BCUT2D eigenvalue weighted by molar-refractivity contribution is -0.131. The minimum Gasteiger partial charge on any atom is -0.353 e. The molecule has 2 unspecified atom stereocenters. The van der Waals surface area contributed by atoms with E-state index in [9.17, 15) is 4.79 Å². The lowest BCUT2D eigenvalue weighted by Gasteiger charge is -2.35. The van der Waals surface area contributed by atoms with Crippen LogP contribution >= 0.6 is 23.2 Å². The summed E-state index contributed by atoms with van der Waals surface area (Å²) in [5.41, 5.74) is 1.93. The standard InChI is InChI=1S/C26H34Cl2N2O/c1-19(29-25(31)26(2,3)18-30-15-5-4-6-16-30)24(21-9-13-23(28)14-10-21)17-20-7-11-22(27)12-8-20/h7-14,19,24H,4-6,15-18H2,1-3H3,(H,29,31). The predicted octanol–water partition coefficient (Wildman–Crippen LogP) is 6.34. The Morgan fingerprint density at radius 3 is 2.10 bits per heavy atom. The molecule has 3 nitrogen and oxygen atoms in total. The zero-order valence-electron chi connectivity index (χ0n) is 18.8. The van der Waals surface area contributed by atoms with Crippen LogP contribution in [0.25, 0.3) is 0 Å². The molecule has 3 rings (SSSR count). The van der Waals surface area contributed by atoms with E-state index in [0.29, 0.717) is 5.02 Å². The maximum absolute atomic E-state index is 13.3. The van der Waals surface area contributed by atoms with E-state index in [0.717, 1.165) is 31.1 Å². The van der Waals surface area contributed by atoms with Crippen LogP contribution in [0, 0.1) is 5.41 Å². The molecule has 1 fully saturated rings. The Hall–Kier alpha value is -1.55. The monoisotopic (exact) mass is 460 g/mol. The van der Waals surface area contributed by atoms with Crippen LogP contribution in [0.3, 0.4) is 0 Å². The van der Waals surface area contributed by atoms with Gasteiger partial charge in [-0.3, -0.25) is 4.79 Å². The third-order valence-corrected chi connectivity index (χ3v) is 6.82. The number of likely N-dealkylation sites (tertiary alicyclic amines) is 1. The molecular weight excluding hydrogens is 427 g/mol. The number of benzene rings is 2. The van der Waals surface area contributed by atoms with Crippen molar-refractivity contribution in [2.45, 2.75) is 58.4 Å². The first kappa shape index (κ1) is 24.1. The van der Waals surface area contributed by atoms with Gasteiger partial charge >= 0.3 is 0 Å². The Bertz CT molecular complexity index is 843. The van der Waals surface area contributed by atoms with Gasteiger partial charge in [-0.1, -0.05) is 53.9 Å². The summed E-state index contributed by atoms with van der Waals surface area (Å²) in [4.78, 5) is 15.7. The maximum Gasteiger partial charge on any atom is 0.227 e. The molecule has 0 aliphatic carbocycles. The second-order valence-electron chi connectivity index (χ2n) is 9.47. The molecule has 1 saturated heterocycles. The summed E-state index contributed by atoms with van der Waals surface area (Å²) in [6.45, 7) is 9.20. The molecule has 0 saturated carbocycles. The van der Waals surface area contributed by atoms with Crippen molar-refractivity contribution in [3.63, 3.8) is 0 Å². The highest BCUT2D eigenvalue weighted by Gasteiger charge is 2.33. The molecule has 5 heteroatoms. The highest BCUT2D eigenvalue weighted by atomic mass is 35.5. The Labute approximate surface area is 197 Å². The van der Waals surface area contributed by atoms with Gasteiger partial charge in [-0.25, -0.2) is 0 Å². The molecule has 168 valence electrons. The summed E-state index contributed by atoms with van der Waals surface area (Å²) >= 11 is 12.2. The summed E-state index contributed by atoms with van der Waals surface area (Å²) in [6.07, 6.45) is 4.57. The molecule has 2 aromatic rings. The van der Waals surface area contributed by atoms with Crippen LogP contribution in [0.15, 0.2) is 48.5 Å². The van der Waals surface area contributed by atoms with Crippen molar-refractivity contribution in [3.05, 3.63) is 69.7 Å². The zero-order chi connectivity index (χ0) is 22.4. The van der Waals surface area contributed by atoms with Crippen LogP contribution in [-0.4, -0.2) is 36.5 Å². The molecule has 1 N–H and O–H groups in total. The fourth-order valence-electron chi connectivity index (χ4n) is 4.42. The van der Waals surface area contributed by atoms with Crippen molar-refractivity contribution < 1.29 is 4.79 Å². The quantitative estimate of drug-likeness (QED) is 0.498. The van der Waals surface area contributed by atoms with Crippen molar-refractivity contribution in [3.8, 4) is 0 Å². The third-order valence-electron chi connectivity index (χ3n) is 6.31. The lowest BCUT2D eigenvalue weighted by Crippen LogP contribution is -2.49. The molecule has 2 aromatic carbocycles. The first-order chi connectivity index (χ1) is 14.7. The van der Waals surface area contributed by atoms with Gasteiger partial charge in [0.2, 0.25) is 5.91 Å². The van der Waals surface area contributed by atoms with Crippen molar-refractivity contribution in [2.24, 2.45) is 5.41 Å². The van der Waals surface area contributed by atoms with Gasteiger partial charge in [0.1, 0.15) is 0 Å². The minimum absolute atomic E-state index is 0.0232. The average molecular weight is 461 g/mol. The Morgan fingerprint density at radius 2 is 1.52 bits per heavy atom. The molecule has 0 bridgehead atoms. The lowest BCUT2D eigenvalue weighted by atomic mass is 9.85. The largest absolute Gasteiger partial charge is 0.353 e. The van der Waals surface area contributed by atoms with Crippen LogP contribution in [0.5, 0.6) is 0 Å². The molecule has 1 aliphatic heterocycles. The summed E-state index contributed by atoms with van der Waals surface area (Å²) in [7, 11) is 0. The topological polar surface area (TPSA) is 32.3 Å².